The van der Waals surface area contributed by atoms with Gasteiger partial charge in [0.2, 0.25) is 5.91 Å². The molecule has 0 bridgehead atoms. The van der Waals surface area contributed by atoms with Gasteiger partial charge in [0.05, 0.1) is 11.1 Å². The molecule has 8 heteroatoms. The van der Waals surface area contributed by atoms with E-state index in [9.17, 15) is 24.3 Å². The van der Waals surface area contributed by atoms with Crippen LogP contribution in [0.3, 0.4) is 0 Å². The number of carbonyl (C=O) groups excluding carboxylic acids is 3. The van der Waals surface area contributed by atoms with Crippen LogP contribution in [0.5, 0.6) is 0 Å². The van der Waals surface area contributed by atoms with Crippen LogP contribution in [0.25, 0.3) is 0 Å². The molecule has 1 aliphatic heterocycles. The van der Waals surface area contributed by atoms with Crippen molar-refractivity contribution >= 4 is 35.1 Å². The lowest BCUT2D eigenvalue weighted by molar-refractivity contribution is -0.141. The lowest BCUT2D eigenvalue weighted by Crippen LogP contribution is -2.45. The smallest absolute Gasteiger partial charge is 0.326 e. The van der Waals surface area contributed by atoms with Crippen LogP contribution in [0.1, 0.15) is 47.4 Å². The number of carboxylic acids is 1. The molecule has 0 unspecified atom stereocenters. The Labute approximate surface area is 180 Å². The van der Waals surface area contributed by atoms with E-state index in [1.54, 1.807) is 24.3 Å². The minimum Gasteiger partial charge on any atom is -0.480 e. The van der Waals surface area contributed by atoms with Crippen LogP contribution >= 0.6 is 0 Å². The fourth-order valence-electron chi connectivity index (χ4n) is 3.69. The van der Waals surface area contributed by atoms with Crippen LogP contribution in [0, 0.1) is 0 Å². The number of hydrogen-bond acceptors (Lipinski definition) is 5. The van der Waals surface area contributed by atoms with Gasteiger partial charge >= 0.3 is 5.97 Å². The third kappa shape index (κ3) is 4.58. The Morgan fingerprint density at radius 1 is 0.968 bits per heavy atom. The van der Waals surface area contributed by atoms with Crippen molar-refractivity contribution in [3.05, 3.63) is 59.7 Å². The van der Waals surface area contributed by atoms with Crippen molar-refractivity contribution in [2.45, 2.75) is 32.7 Å². The normalized spacial score (nSPS) is 13.7. The largest absolute Gasteiger partial charge is 0.480 e. The van der Waals surface area contributed by atoms with Crippen molar-refractivity contribution < 1.29 is 24.3 Å². The van der Waals surface area contributed by atoms with E-state index < -0.39 is 29.7 Å². The summed E-state index contributed by atoms with van der Waals surface area (Å²) in [5.41, 5.74) is 1.99. The quantitative estimate of drug-likeness (QED) is 0.601. The molecule has 0 aromatic heterocycles. The molecule has 2 aromatic carbocycles. The van der Waals surface area contributed by atoms with Crippen molar-refractivity contribution in [2.75, 3.05) is 23.3 Å². The molecule has 2 aromatic rings. The van der Waals surface area contributed by atoms with E-state index in [1.165, 1.54) is 12.1 Å². The first-order valence-electron chi connectivity index (χ1n) is 10.2. The molecule has 1 atom stereocenters. The van der Waals surface area contributed by atoms with Gasteiger partial charge in [-0.1, -0.05) is 12.1 Å². The zero-order valence-electron chi connectivity index (χ0n) is 17.5. The highest BCUT2D eigenvalue weighted by molar-refractivity contribution is 6.22. The number of carboxylic acid groups (broad SMARTS) is 1. The molecule has 0 saturated carbocycles. The van der Waals surface area contributed by atoms with Crippen molar-refractivity contribution in [1.29, 1.82) is 0 Å². The van der Waals surface area contributed by atoms with E-state index in [4.69, 9.17) is 0 Å². The number of nitrogens with one attached hydrogen (secondary N) is 1. The van der Waals surface area contributed by atoms with Gasteiger partial charge in [-0.15, -0.1) is 0 Å². The molecule has 0 aliphatic carbocycles. The van der Waals surface area contributed by atoms with Gasteiger partial charge in [-0.3, -0.25) is 19.3 Å². The van der Waals surface area contributed by atoms with Crippen molar-refractivity contribution in [1.82, 2.24) is 4.90 Å². The summed E-state index contributed by atoms with van der Waals surface area (Å²) < 4.78 is 0. The molecule has 3 amide bonds. The van der Waals surface area contributed by atoms with E-state index in [2.05, 4.69) is 24.1 Å². The number of hydrogen-bond donors (Lipinski definition) is 2. The molecule has 31 heavy (non-hydrogen) atoms. The van der Waals surface area contributed by atoms with Gasteiger partial charge in [-0.2, -0.15) is 0 Å². The van der Waals surface area contributed by atoms with E-state index >= 15 is 0 Å². The second-order valence-corrected chi connectivity index (χ2v) is 7.19. The van der Waals surface area contributed by atoms with Gasteiger partial charge in [0.25, 0.3) is 11.8 Å². The summed E-state index contributed by atoms with van der Waals surface area (Å²) in [6.45, 7) is 5.87. The molecule has 2 N–H and O–H groups in total. The molecular formula is C23H25N3O5. The number of amides is 3. The van der Waals surface area contributed by atoms with Gasteiger partial charge in [-0.05, 0) is 56.7 Å². The topological polar surface area (TPSA) is 107 Å². The van der Waals surface area contributed by atoms with Crippen LogP contribution in [0.4, 0.5) is 11.4 Å². The Morgan fingerprint density at radius 2 is 1.52 bits per heavy atom. The highest BCUT2D eigenvalue weighted by Crippen LogP contribution is 2.26. The summed E-state index contributed by atoms with van der Waals surface area (Å²) in [7, 11) is 0. The van der Waals surface area contributed by atoms with Crippen LogP contribution in [-0.4, -0.2) is 52.8 Å². The second-order valence-electron chi connectivity index (χ2n) is 7.19. The van der Waals surface area contributed by atoms with Crippen LogP contribution in [-0.2, 0) is 9.59 Å². The first kappa shape index (κ1) is 22.0. The molecule has 0 spiro atoms. The van der Waals surface area contributed by atoms with E-state index in [0.717, 1.165) is 23.7 Å². The molecule has 0 saturated heterocycles. The van der Waals surface area contributed by atoms with E-state index in [0.29, 0.717) is 5.69 Å². The van der Waals surface area contributed by atoms with Gasteiger partial charge < -0.3 is 15.3 Å². The van der Waals surface area contributed by atoms with E-state index in [-0.39, 0.29) is 24.0 Å². The second kappa shape index (κ2) is 9.42. The Balaban J connectivity index is 1.63. The molecule has 162 valence electrons. The van der Waals surface area contributed by atoms with Crippen LogP contribution < -0.4 is 10.2 Å². The lowest BCUT2D eigenvalue weighted by atomic mass is 10.1. The molecule has 0 radical (unpaired) electrons. The fraction of sp³-hybridized carbons (Fsp3) is 0.304. The van der Waals surface area contributed by atoms with Crippen molar-refractivity contribution in [3.63, 3.8) is 0 Å². The minimum absolute atomic E-state index is 0.151. The van der Waals surface area contributed by atoms with Crippen LogP contribution in [0.2, 0.25) is 0 Å². The fourth-order valence-corrected chi connectivity index (χ4v) is 3.69. The van der Waals surface area contributed by atoms with Crippen molar-refractivity contribution in [2.24, 2.45) is 0 Å². The predicted octanol–water partition coefficient (Wildman–Crippen LogP) is 3.00. The van der Waals surface area contributed by atoms with Crippen molar-refractivity contribution in [3.8, 4) is 0 Å². The summed E-state index contributed by atoms with van der Waals surface area (Å²) in [6, 6.07) is 12.2. The lowest BCUT2D eigenvalue weighted by Gasteiger charge is -2.22. The van der Waals surface area contributed by atoms with E-state index in [1.807, 2.05) is 12.1 Å². The third-order valence-corrected chi connectivity index (χ3v) is 5.35. The zero-order valence-corrected chi connectivity index (χ0v) is 17.5. The van der Waals surface area contributed by atoms with Gasteiger partial charge in [0.15, 0.2) is 0 Å². The average molecular weight is 423 g/mol. The summed E-state index contributed by atoms with van der Waals surface area (Å²) >= 11 is 0. The summed E-state index contributed by atoms with van der Waals surface area (Å²) in [4.78, 5) is 52.2. The zero-order chi connectivity index (χ0) is 22.5. The highest BCUT2D eigenvalue weighted by Gasteiger charge is 2.42. The molecule has 3 rings (SSSR count). The molecule has 8 nitrogen and oxygen atoms in total. The SMILES string of the molecule is CCN(CC)c1ccc(NC(=O)CC[C@@H](C(=O)O)N2C(=O)c3ccccc3C2=O)cc1. The Kier molecular flexibility index (Phi) is 6.69. The minimum atomic E-state index is -1.41. The molecule has 1 aliphatic rings. The Morgan fingerprint density at radius 3 is 2.00 bits per heavy atom. The number of fused-ring (bicyclic) bond motifs is 1. The predicted molar refractivity (Wildman–Crippen MR) is 116 cm³/mol. The summed E-state index contributed by atoms with van der Waals surface area (Å²) in [5, 5.41) is 12.3. The van der Waals surface area contributed by atoms with Crippen LogP contribution in [0.15, 0.2) is 48.5 Å². The van der Waals surface area contributed by atoms with Gasteiger partial charge in [0, 0.05) is 30.9 Å². The van der Waals surface area contributed by atoms with Gasteiger partial charge in [-0.25, -0.2) is 4.79 Å². The highest BCUT2D eigenvalue weighted by atomic mass is 16.4. The number of aliphatic carboxylic acids is 1. The standard InChI is InChI=1S/C23H25N3O5/c1-3-25(4-2)16-11-9-15(10-12-16)24-20(27)14-13-19(23(30)31)26-21(28)17-7-5-6-8-18(17)22(26)29/h5-12,19H,3-4,13-14H2,1-2H3,(H,24,27)(H,30,31)/t19-/m0/s1. The number of imide groups is 1. The number of carbonyl (C=O) groups is 4. The molecular weight excluding hydrogens is 398 g/mol. The maximum atomic E-state index is 12.6. The monoisotopic (exact) mass is 423 g/mol. The third-order valence-electron chi connectivity index (χ3n) is 5.35. The Hall–Kier alpha value is -3.68. The number of nitrogens with zero attached hydrogens (tertiary/aromatic N) is 2. The Bertz CT molecular complexity index is 964. The first-order valence-corrected chi connectivity index (χ1v) is 10.2. The number of rotatable bonds is 9. The average Bonchev–Trinajstić information content (AvgIpc) is 3.01. The molecule has 0 fully saturated rings. The summed E-state index contributed by atoms with van der Waals surface area (Å²) in [6.07, 6.45) is -0.327. The molecule has 1 heterocycles. The summed E-state index contributed by atoms with van der Waals surface area (Å²) in [5.74, 6) is -3.02. The first-order chi connectivity index (χ1) is 14.9. The maximum Gasteiger partial charge on any atom is 0.326 e. The van der Waals surface area contributed by atoms with Gasteiger partial charge in [0.1, 0.15) is 6.04 Å². The number of anilines is 2. The maximum absolute atomic E-state index is 12.6. The number of benzene rings is 2.